The number of hydrogen-bond donors (Lipinski definition) is 0. The molecule has 1 heteroatoms. The lowest BCUT2D eigenvalue weighted by molar-refractivity contribution is 1.30. The van der Waals surface area contributed by atoms with Crippen LogP contribution in [0.25, 0.3) is 54.9 Å². The van der Waals surface area contributed by atoms with Crippen LogP contribution >= 0.6 is 0 Å². The molecule has 8 aromatic carbocycles. The highest BCUT2D eigenvalue weighted by atomic mass is 15.1. The zero-order valence-corrected chi connectivity index (χ0v) is 24.8. The average molecular weight is 574 g/mol. The molecular formula is C44H31N. The van der Waals surface area contributed by atoms with E-state index in [0.717, 1.165) is 17.1 Å². The van der Waals surface area contributed by atoms with Crippen molar-refractivity contribution in [3.63, 3.8) is 0 Å². The van der Waals surface area contributed by atoms with Crippen LogP contribution in [0.4, 0.5) is 17.1 Å². The Morgan fingerprint density at radius 1 is 0.289 bits per heavy atom. The normalized spacial score (nSPS) is 11.1. The quantitative estimate of drug-likeness (QED) is 0.191. The second-order valence-corrected chi connectivity index (χ2v) is 11.4. The first kappa shape index (κ1) is 26.7. The Hall–Kier alpha value is -5.92. The minimum atomic E-state index is 1.12. The largest absolute Gasteiger partial charge is 0.310 e. The van der Waals surface area contributed by atoms with Crippen molar-refractivity contribution in [3.05, 3.63) is 188 Å². The number of rotatable bonds is 6. The molecular weight excluding hydrogens is 542 g/mol. The molecule has 1 nitrogen and oxygen atoms in total. The highest BCUT2D eigenvalue weighted by Gasteiger charge is 2.18. The molecule has 0 amide bonds. The summed E-state index contributed by atoms with van der Waals surface area (Å²) < 4.78 is 0. The molecule has 8 aromatic rings. The van der Waals surface area contributed by atoms with Gasteiger partial charge in [0, 0.05) is 16.8 Å². The van der Waals surface area contributed by atoms with Gasteiger partial charge in [0.1, 0.15) is 0 Å². The van der Waals surface area contributed by atoms with Gasteiger partial charge < -0.3 is 4.90 Å². The molecule has 8 rings (SSSR count). The zero-order chi connectivity index (χ0) is 30.0. The van der Waals surface area contributed by atoms with E-state index in [-0.39, 0.29) is 0 Å². The molecule has 0 heterocycles. The molecule has 0 bridgehead atoms. The van der Waals surface area contributed by atoms with Crippen molar-refractivity contribution in [3.8, 4) is 33.4 Å². The van der Waals surface area contributed by atoms with E-state index >= 15 is 0 Å². The smallest absolute Gasteiger partial charge is 0.0546 e. The number of hydrogen-bond acceptors (Lipinski definition) is 1. The van der Waals surface area contributed by atoms with E-state index < -0.39 is 0 Å². The molecule has 0 aliphatic carbocycles. The lowest BCUT2D eigenvalue weighted by atomic mass is 9.94. The minimum Gasteiger partial charge on any atom is -0.310 e. The van der Waals surface area contributed by atoms with E-state index in [1.54, 1.807) is 0 Å². The molecule has 45 heavy (non-hydrogen) atoms. The third-order valence-electron chi connectivity index (χ3n) is 8.65. The number of fused-ring (bicyclic) bond motifs is 2. The summed E-state index contributed by atoms with van der Waals surface area (Å²) in [6, 6.07) is 67.7. The SMILES string of the molecule is c1ccc(-c2ccc(-c3cccc4cccc(N(c5ccc(-c6ccccc6)cc5)c5ccc6ccccc6c5)c34)cc2)cc1. The molecule has 0 aliphatic rings. The Morgan fingerprint density at radius 3 is 1.44 bits per heavy atom. The number of benzene rings is 8. The third-order valence-corrected chi connectivity index (χ3v) is 8.65. The van der Waals surface area contributed by atoms with Crippen LogP contribution in [0.5, 0.6) is 0 Å². The predicted octanol–water partition coefficient (Wildman–Crippen LogP) is 12.5. The lowest BCUT2D eigenvalue weighted by Crippen LogP contribution is -2.10. The first-order chi connectivity index (χ1) is 22.3. The summed E-state index contributed by atoms with van der Waals surface area (Å²) in [4.78, 5) is 2.41. The maximum atomic E-state index is 2.41. The number of nitrogens with zero attached hydrogens (tertiary/aromatic N) is 1. The van der Waals surface area contributed by atoms with Crippen molar-refractivity contribution in [2.45, 2.75) is 0 Å². The summed E-state index contributed by atoms with van der Waals surface area (Å²) in [7, 11) is 0. The van der Waals surface area contributed by atoms with Crippen molar-refractivity contribution in [2.75, 3.05) is 4.90 Å². The van der Waals surface area contributed by atoms with Gasteiger partial charge in [0.2, 0.25) is 0 Å². The first-order valence-corrected chi connectivity index (χ1v) is 15.4. The van der Waals surface area contributed by atoms with E-state index in [1.807, 2.05) is 0 Å². The molecule has 0 fully saturated rings. The molecule has 0 saturated carbocycles. The summed E-state index contributed by atoms with van der Waals surface area (Å²) in [5.41, 5.74) is 10.7. The van der Waals surface area contributed by atoms with E-state index in [4.69, 9.17) is 0 Å². The van der Waals surface area contributed by atoms with Crippen LogP contribution in [0.1, 0.15) is 0 Å². The van der Waals surface area contributed by atoms with Gasteiger partial charge in [-0.15, -0.1) is 0 Å². The van der Waals surface area contributed by atoms with Crippen molar-refractivity contribution in [2.24, 2.45) is 0 Å². The second-order valence-electron chi connectivity index (χ2n) is 11.4. The van der Waals surface area contributed by atoms with Crippen LogP contribution in [0.2, 0.25) is 0 Å². The second kappa shape index (κ2) is 11.6. The Bertz CT molecular complexity index is 2230. The Balaban J connectivity index is 1.31. The van der Waals surface area contributed by atoms with Gasteiger partial charge in [0.05, 0.1) is 5.69 Å². The summed E-state index contributed by atoms with van der Waals surface area (Å²) in [5, 5.41) is 4.90. The van der Waals surface area contributed by atoms with Gasteiger partial charge in [-0.25, -0.2) is 0 Å². The van der Waals surface area contributed by atoms with E-state index in [2.05, 4.69) is 193 Å². The molecule has 0 radical (unpaired) electrons. The standard InChI is InChI=1S/C44H31N/c1-3-11-32(12-4-1)35-21-23-37(24-22-35)42-19-9-17-38-18-10-20-43(44(38)42)45(41-30-27-34-15-7-8-16-39(34)31-41)40-28-25-36(26-29-40)33-13-5-2-6-14-33/h1-31H. The Kier molecular flexibility index (Phi) is 6.90. The van der Waals surface area contributed by atoms with Crippen LogP contribution < -0.4 is 4.90 Å². The zero-order valence-electron chi connectivity index (χ0n) is 24.8. The minimum absolute atomic E-state index is 1.12. The molecule has 0 N–H and O–H groups in total. The highest BCUT2D eigenvalue weighted by Crippen LogP contribution is 2.44. The van der Waals surface area contributed by atoms with Crippen LogP contribution in [0, 0.1) is 0 Å². The van der Waals surface area contributed by atoms with E-state index in [0.29, 0.717) is 0 Å². The summed E-state index contributed by atoms with van der Waals surface area (Å²) >= 11 is 0. The fraction of sp³-hybridized carbons (Fsp3) is 0. The third kappa shape index (κ3) is 5.15. The maximum absolute atomic E-state index is 2.41. The molecule has 0 atom stereocenters. The van der Waals surface area contributed by atoms with Gasteiger partial charge in [0.15, 0.2) is 0 Å². The summed E-state index contributed by atoms with van der Waals surface area (Å²) in [6.07, 6.45) is 0. The van der Waals surface area contributed by atoms with Crippen LogP contribution in [0.3, 0.4) is 0 Å². The van der Waals surface area contributed by atoms with Gasteiger partial charge in [-0.1, -0.05) is 158 Å². The Labute approximate surface area is 264 Å². The van der Waals surface area contributed by atoms with Crippen molar-refractivity contribution in [1.29, 1.82) is 0 Å². The van der Waals surface area contributed by atoms with E-state index in [1.165, 1.54) is 54.9 Å². The highest BCUT2D eigenvalue weighted by molar-refractivity contribution is 6.08. The summed E-state index contributed by atoms with van der Waals surface area (Å²) in [6.45, 7) is 0. The first-order valence-electron chi connectivity index (χ1n) is 15.4. The number of anilines is 3. The van der Waals surface area contributed by atoms with Gasteiger partial charge in [0.25, 0.3) is 0 Å². The lowest BCUT2D eigenvalue weighted by Gasteiger charge is -2.28. The van der Waals surface area contributed by atoms with Crippen LogP contribution in [0.15, 0.2) is 188 Å². The Morgan fingerprint density at radius 2 is 0.778 bits per heavy atom. The molecule has 0 unspecified atom stereocenters. The van der Waals surface area contributed by atoms with Crippen LogP contribution in [-0.2, 0) is 0 Å². The summed E-state index contributed by atoms with van der Waals surface area (Å²) in [5.74, 6) is 0. The maximum Gasteiger partial charge on any atom is 0.0546 e. The van der Waals surface area contributed by atoms with Crippen LogP contribution in [-0.4, -0.2) is 0 Å². The van der Waals surface area contributed by atoms with Crippen molar-refractivity contribution in [1.82, 2.24) is 0 Å². The molecule has 0 aromatic heterocycles. The van der Waals surface area contributed by atoms with Gasteiger partial charge >= 0.3 is 0 Å². The van der Waals surface area contributed by atoms with Gasteiger partial charge in [-0.3, -0.25) is 0 Å². The monoisotopic (exact) mass is 573 g/mol. The molecule has 212 valence electrons. The predicted molar refractivity (Wildman–Crippen MR) is 192 cm³/mol. The average Bonchev–Trinajstić information content (AvgIpc) is 3.13. The fourth-order valence-corrected chi connectivity index (χ4v) is 6.40. The fourth-order valence-electron chi connectivity index (χ4n) is 6.40. The molecule has 0 saturated heterocycles. The van der Waals surface area contributed by atoms with Gasteiger partial charge in [-0.2, -0.15) is 0 Å². The van der Waals surface area contributed by atoms with Crippen molar-refractivity contribution < 1.29 is 0 Å². The van der Waals surface area contributed by atoms with Gasteiger partial charge in [-0.05, 0) is 79.9 Å². The molecule has 0 aliphatic heterocycles. The van der Waals surface area contributed by atoms with Crippen molar-refractivity contribution >= 4 is 38.6 Å². The molecule has 0 spiro atoms. The topological polar surface area (TPSA) is 3.24 Å². The van der Waals surface area contributed by atoms with E-state index in [9.17, 15) is 0 Å².